The molecule has 0 saturated heterocycles. The molecule has 26 heavy (non-hydrogen) atoms. The molecular weight excluding hydrogens is 346 g/mol. The van der Waals surface area contributed by atoms with Crippen LogP contribution in [0.3, 0.4) is 0 Å². The Labute approximate surface area is 156 Å². The van der Waals surface area contributed by atoms with E-state index in [1.165, 1.54) is 0 Å². The lowest BCUT2D eigenvalue weighted by atomic mass is 9.97. The smallest absolute Gasteiger partial charge is 0.344 e. The topological polar surface area (TPSA) is 59.3 Å². The molecule has 0 saturated carbocycles. The van der Waals surface area contributed by atoms with Gasteiger partial charge in [0, 0.05) is 17.5 Å². The van der Waals surface area contributed by atoms with Crippen LogP contribution in [-0.2, 0) is 0 Å². The maximum absolute atomic E-state index is 12.7. The van der Waals surface area contributed by atoms with Gasteiger partial charge in [-0.1, -0.05) is 48.0 Å². The summed E-state index contributed by atoms with van der Waals surface area (Å²) in [6, 6.07) is 15.1. The van der Waals surface area contributed by atoms with Crippen molar-refractivity contribution in [3.05, 3.63) is 70.3 Å². The number of fused-ring (bicyclic) bond motifs is 1. The highest BCUT2D eigenvalue weighted by Gasteiger charge is 2.20. The molecule has 134 valence electrons. The lowest BCUT2D eigenvalue weighted by Gasteiger charge is -2.12. The summed E-state index contributed by atoms with van der Waals surface area (Å²) in [7, 11) is 0. The van der Waals surface area contributed by atoms with Crippen LogP contribution in [0.5, 0.6) is 0 Å². The van der Waals surface area contributed by atoms with Crippen LogP contribution in [0.2, 0.25) is 0 Å². The lowest BCUT2D eigenvalue weighted by Crippen LogP contribution is -2.26. The first-order valence-electron chi connectivity index (χ1n) is 8.52. The van der Waals surface area contributed by atoms with Gasteiger partial charge in [0.1, 0.15) is 0 Å². The van der Waals surface area contributed by atoms with Gasteiger partial charge in [0.25, 0.3) is 5.91 Å². The molecule has 1 aromatic heterocycles. The number of benzene rings is 2. The molecule has 3 rings (SSSR count). The molecule has 1 amide bonds. The molecule has 1 N–H and O–H groups in total. The molecule has 0 atom stereocenters. The average Bonchev–Trinajstić information content (AvgIpc) is 2.66. The number of amides is 1. The van der Waals surface area contributed by atoms with E-state index in [4.69, 9.17) is 4.42 Å². The average molecular weight is 367 g/mol. The van der Waals surface area contributed by atoms with Crippen LogP contribution in [0, 0.1) is 6.92 Å². The van der Waals surface area contributed by atoms with Gasteiger partial charge in [-0.05, 0) is 37.0 Å². The Morgan fingerprint density at radius 2 is 1.77 bits per heavy atom. The number of nitrogens with one attached hydrogen (secondary N) is 1. The maximum atomic E-state index is 12.7. The molecule has 0 aliphatic heterocycles. The van der Waals surface area contributed by atoms with E-state index in [-0.39, 0.29) is 11.7 Å². The van der Waals surface area contributed by atoms with Crippen LogP contribution < -0.4 is 10.9 Å². The second-order valence-electron chi connectivity index (χ2n) is 6.11. The van der Waals surface area contributed by atoms with Gasteiger partial charge in [-0.3, -0.25) is 4.79 Å². The first-order valence-corrected chi connectivity index (χ1v) is 9.91. The molecule has 2 aromatic carbocycles. The quantitative estimate of drug-likeness (QED) is 0.662. The molecule has 0 spiro atoms. The van der Waals surface area contributed by atoms with E-state index < -0.39 is 5.63 Å². The molecule has 0 unspecified atom stereocenters. The van der Waals surface area contributed by atoms with Crippen LogP contribution in [0.4, 0.5) is 0 Å². The van der Waals surface area contributed by atoms with Gasteiger partial charge >= 0.3 is 5.63 Å². The number of carbonyl (C=O) groups excluding carboxylic acids is 1. The van der Waals surface area contributed by atoms with Crippen LogP contribution in [0.15, 0.2) is 57.7 Å². The Hall–Kier alpha value is -2.53. The van der Waals surface area contributed by atoms with Crippen molar-refractivity contribution in [3.63, 3.8) is 0 Å². The van der Waals surface area contributed by atoms with Gasteiger partial charge in [-0.2, -0.15) is 11.8 Å². The highest BCUT2D eigenvalue weighted by Crippen LogP contribution is 2.30. The second-order valence-corrected chi connectivity index (χ2v) is 7.09. The molecule has 0 bridgehead atoms. The Morgan fingerprint density at radius 1 is 1.08 bits per heavy atom. The van der Waals surface area contributed by atoms with Gasteiger partial charge in [-0.15, -0.1) is 0 Å². The zero-order valence-corrected chi connectivity index (χ0v) is 15.7. The standard InChI is InChI=1S/C21H21NO3S/c1-14-8-10-15(11-9-14)18-16-6-3-4-7-17(16)21(24)25-19(18)20(23)22-12-5-13-26-2/h3-4,6-11H,5,12-13H2,1-2H3,(H,22,23). The van der Waals surface area contributed by atoms with E-state index in [1.54, 1.807) is 23.9 Å². The monoisotopic (exact) mass is 367 g/mol. The van der Waals surface area contributed by atoms with Crippen molar-refractivity contribution in [1.29, 1.82) is 0 Å². The fourth-order valence-corrected chi connectivity index (χ4v) is 3.30. The van der Waals surface area contributed by atoms with Gasteiger partial charge in [0.05, 0.1) is 5.39 Å². The Kier molecular flexibility index (Phi) is 5.78. The number of thioether (sulfide) groups is 1. The minimum absolute atomic E-state index is 0.0710. The summed E-state index contributed by atoms with van der Waals surface area (Å²) in [5, 5.41) is 4.06. The van der Waals surface area contributed by atoms with Crippen LogP contribution in [-0.4, -0.2) is 24.5 Å². The SMILES string of the molecule is CSCCCNC(=O)c1oc(=O)c2ccccc2c1-c1ccc(C)cc1. The third-order valence-electron chi connectivity index (χ3n) is 4.20. The summed E-state index contributed by atoms with van der Waals surface area (Å²) < 4.78 is 5.45. The highest BCUT2D eigenvalue weighted by atomic mass is 32.2. The van der Waals surface area contributed by atoms with E-state index >= 15 is 0 Å². The predicted octanol–water partition coefficient (Wildman–Crippen LogP) is 4.25. The number of hydrogen-bond acceptors (Lipinski definition) is 4. The maximum Gasteiger partial charge on any atom is 0.344 e. The first-order chi connectivity index (χ1) is 12.6. The summed E-state index contributed by atoms with van der Waals surface area (Å²) in [5.41, 5.74) is 2.14. The van der Waals surface area contributed by atoms with Crippen molar-refractivity contribution in [1.82, 2.24) is 5.32 Å². The van der Waals surface area contributed by atoms with E-state index in [2.05, 4.69) is 5.32 Å². The molecule has 1 heterocycles. The Bertz CT molecular complexity index is 977. The fraction of sp³-hybridized carbons (Fsp3) is 0.238. The fourth-order valence-electron chi connectivity index (χ4n) is 2.87. The first kappa shape index (κ1) is 18.3. The van der Waals surface area contributed by atoms with E-state index in [0.29, 0.717) is 17.5 Å². The molecule has 0 aliphatic rings. The number of carbonyl (C=O) groups is 1. The largest absolute Gasteiger partial charge is 0.416 e. The third kappa shape index (κ3) is 3.83. The summed E-state index contributed by atoms with van der Waals surface area (Å²) in [4.78, 5) is 25.1. The van der Waals surface area contributed by atoms with Crippen molar-refractivity contribution >= 4 is 28.4 Å². The molecular formula is C21H21NO3S. The summed E-state index contributed by atoms with van der Waals surface area (Å²) in [6.07, 6.45) is 2.89. The molecule has 4 nitrogen and oxygen atoms in total. The number of aryl methyl sites for hydroxylation is 1. The van der Waals surface area contributed by atoms with E-state index in [1.807, 2.05) is 49.6 Å². The molecule has 5 heteroatoms. The van der Waals surface area contributed by atoms with Crippen molar-refractivity contribution in [3.8, 4) is 11.1 Å². The minimum Gasteiger partial charge on any atom is -0.416 e. The van der Waals surface area contributed by atoms with Gasteiger partial charge < -0.3 is 9.73 Å². The predicted molar refractivity (Wildman–Crippen MR) is 108 cm³/mol. The molecule has 3 aromatic rings. The number of rotatable bonds is 6. The normalized spacial score (nSPS) is 10.8. The molecule has 0 radical (unpaired) electrons. The van der Waals surface area contributed by atoms with Gasteiger partial charge in [0.15, 0.2) is 0 Å². The zero-order valence-electron chi connectivity index (χ0n) is 14.9. The van der Waals surface area contributed by atoms with Crippen LogP contribution >= 0.6 is 11.8 Å². The van der Waals surface area contributed by atoms with Crippen molar-refractivity contribution in [2.24, 2.45) is 0 Å². The second kappa shape index (κ2) is 8.23. The van der Waals surface area contributed by atoms with Crippen molar-refractivity contribution in [2.45, 2.75) is 13.3 Å². The van der Waals surface area contributed by atoms with Crippen molar-refractivity contribution < 1.29 is 9.21 Å². The summed E-state index contributed by atoms with van der Waals surface area (Å²) >= 11 is 1.73. The van der Waals surface area contributed by atoms with Gasteiger partial charge in [-0.25, -0.2) is 4.79 Å². The summed E-state index contributed by atoms with van der Waals surface area (Å²) in [5.74, 6) is 0.679. The van der Waals surface area contributed by atoms with Crippen molar-refractivity contribution in [2.75, 3.05) is 18.6 Å². The Morgan fingerprint density at radius 3 is 2.46 bits per heavy atom. The van der Waals surface area contributed by atoms with Crippen LogP contribution in [0.1, 0.15) is 22.5 Å². The Balaban J connectivity index is 2.12. The third-order valence-corrected chi connectivity index (χ3v) is 4.89. The highest BCUT2D eigenvalue weighted by molar-refractivity contribution is 7.98. The van der Waals surface area contributed by atoms with Gasteiger partial charge in [0.2, 0.25) is 5.76 Å². The lowest BCUT2D eigenvalue weighted by molar-refractivity contribution is 0.0923. The summed E-state index contributed by atoms with van der Waals surface area (Å²) in [6.45, 7) is 2.55. The zero-order chi connectivity index (χ0) is 18.5. The van der Waals surface area contributed by atoms with Crippen LogP contribution in [0.25, 0.3) is 21.9 Å². The molecule has 0 aliphatic carbocycles. The minimum atomic E-state index is -0.495. The molecule has 0 fully saturated rings. The van der Waals surface area contributed by atoms with E-state index in [0.717, 1.165) is 28.7 Å². The number of hydrogen-bond donors (Lipinski definition) is 1. The van der Waals surface area contributed by atoms with E-state index in [9.17, 15) is 9.59 Å².